The van der Waals surface area contributed by atoms with E-state index in [1.165, 1.54) is 12.1 Å². The highest BCUT2D eigenvalue weighted by Gasteiger charge is 2.05. The van der Waals surface area contributed by atoms with Crippen LogP contribution >= 0.6 is 24.0 Å². The summed E-state index contributed by atoms with van der Waals surface area (Å²) in [7, 11) is 0. The van der Waals surface area contributed by atoms with Crippen LogP contribution in [-0.4, -0.2) is 51.4 Å². The average molecular weight is 487 g/mol. The maximum Gasteiger partial charge on any atom is 0.246 e. The lowest BCUT2D eigenvalue weighted by Crippen LogP contribution is -2.39. The van der Waals surface area contributed by atoms with Crippen molar-refractivity contribution < 1.29 is 9.90 Å². The molecular weight excluding hydrogens is 461 g/mol. The van der Waals surface area contributed by atoms with Crippen molar-refractivity contribution in [2.75, 3.05) is 25.0 Å². The predicted molar refractivity (Wildman–Crippen MR) is 116 cm³/mol. The van der Waals surface area contributed by atoms with E-state index in [2.05, 4.69) is 31.1 Å². The molecule has 0 radical (unpaired) electrons. The largest absolute Gasteiger partial charge is 0.508 e. The summed E-state index contributed by atoms with van der Waals surface area (Å²) in [5.41, 5.74) is 0.612. The van der Waals surface area contributed by atoms with Crippen molar-refractivity contribution in [3.63, 3.8) is 0 Å². The molecule has 9 nitrogen and oxygen atoms in total. The van der Waals surface area contributed by atoms with Crippen LogP contribution in [-0.2, 0) is 17.8 Å². The Bertz CT molecular complexity index is 731. The summed E-state index contributed by atoms with van der Waals surface area (Å²) in [5.74, 6) is 1.42. The van der Waals surface area contributed by atoms with Gasteiger partial charge in [-0.25, -0.2) is 4.99 Å². The van der Waals surface area contributed by atoms with Gasteiger partial charge in [0.25, 0.3) is 0 Å². The number of carbonyl (C=O) groups excluding carboxylic acids is 1. The third-order valence-corrected chi connectivity index (χ3v) is 3.53. The minimum absolute atomic E-state index is 0. The Morgan fingerprint density at radius 3 is 2.63 bits per heavy atom. The fraction of sp³-hybridized carbons (Fsp3) is 0.412. The van der Waals surface area contributed by atoms with Crippen LogP contribution in [0.3, 0.4) is 0 Å². The number of amides is 1. The lowest BCUT2D eigenvalue weighted by Gasteiger charge is -2.12. The third-order valence-electron chi connectivity index (χ3n) is 3.53. The van der Waals surface area contributed by atoms with Gasteiger partial charge in [0, 0.05) is 31.7 Å². The van der Waals surface area contributed by atoms with Crippen LogP contribution in [0, 0.1) is 0 Å². The van der Waals surface area contributed by atoms with E-state index in [0.717, 1.165) is 12.2 Å². The summed E-state index contributed by atoms with van der Waals surface area (Å²) in [4.78, 5) is 16.3. The number of rotatable bonds is 8. The highest BCUT2D eigenvalue weighted by atomic mass is 127. The van der Waals surface area contributed by atoms with E-state index >= 15 is 0 Å². The van der Waals surface area contributed by atoms with Gasteiger partial charge in [-0.1, -0.05) is 6.92 Å². The molecular formula is C17H26IN7O2. The number of nitrogens with one attached hydrogen (secondary N) is 3. The molecule has 0 aliphatic heterocycles. The molecule has 1 aromatic heterocycles. The number of benzene rings is 1. The van der Waals surface area contributed by atoms with Crippen LogP contribution in [0.5, 0.6) is 5.75 Å². The van der Waals surface area contributed by atoms with Gasteiger partial charge in [0.2, 0.25) is 5.91 Å². The quantitative estimate of drug-likeness (QED) is 0.194. The lowest BCUT2D eigenvalue weighted by molar-refractivity contribution is -0.114. The standard InChI is InChI=1S/C17H25N7O2.HI/c1-3-15-23-21-12-24(15)10-9-19-17(18-4-2)20-11-16(26)22-13-5-7-14(25)8-6-13;/h5-8,12,25H,3-4,9-11H2,1-2H3,(H,22,26)(H2,18,19,20);1H. The Kier molecular flexibility index (Phi) is 10.2. The number of aromatic nitrogens is 3. The zero-order chi connectivity index (χ0) is 18.8. The van der Waals surface area contributed by atoms with Gasteiger partial charge < -0.3 is 25.6 Å². The summed E-state index contributed by atoms with van der Waals surface area (Å²) < 4.78 is 1.98. The molecule has 2 rings (SSSR count). The molecule has 10 heteroatoms. The topological polar surface area (TPSA) is 116 Å². The number of phenols is 1. The second-order valence-electron chi connectivity index (χ2n) is 5.51. The van der Waals surface area contributed by atoms with Gasteiger partial charge in [-0.05, 0) is 31.2 Å². The van der Waals surface area contributed by atoms with Crippen LogP contribution < -0.4 is 16.0 Å². The molecule has 0 fully saturated rings. The second kappa shape index (κ2) is 12.1. The Labute approximate surface area is 175 Å². The van der Waals surface area contributed by atoms with Crippen LogP contribution in [0.15, 0.2) is 35.6 Å². The fourth-order valence-electron chi connectivity index (χ4n) is 2.27. The van der Waals surface area contributed by atoms with Crippen molar-refractivity contribution in [2.24, 2.45) is 4.99 Å². The van der Waals surface area contributed by atoms with Gasteiger partial charge >= 0.3 is 0 Å². The molecule has 148 valence electrons. The first-order valence-electron chi connectivity index (χ1n) is 8.60. The molecule has 27 heavy (non-hydrogen) atoms. The Morgan fingerprint density at radius 2 is 1.96 bits per heavy atom. The number of carbonyl (C=O) groups is 1. The molecule has 0 unspecified atom stereocenters. The van der Waals surface area contributed by atoms with Crippen molar-refractivity contribution in [1.29, 1.82) is 0 Å². The summed E-state index contributed by atoms with van der Waals surface area (Å²) >= 11 is 0. The number of guanidine groups is 1. The van der Waals surface area contributed by atoms with Gasteiger partial charge in [-0.3, -0.25) is 4.79 Å². The summed E-state index contributed by atoms with van der Waals surface area (Å²) in [6.07, 6.45) is 2.53. The molecule has 2 aromatic rings. The van der Waals surface area contributed by atoms with Gasteiger partial charge in [0.15, 0.2) is 5.96 Å². The van der Waals surface area contributed by atoms with E-state index in [1.807, 2.05) is 18.4 Å². The van der Waals surface area contributed by atoms with Gasteiger partial charge in [0.1, 0.15) is 24.4 Å². The molecule has 0 aliphatic carbocycles. The average Bonchev–Trinajstić information content (AvgIpc) is 3.09. The number of halogens is 1. The van der Waals surface area contributed by atoms with Crippen molar-refractivity contribution in [2.45, 2.75) is 26.8 Å². The number of phenolic OH excluding ortho intramolecular Hbond substituents is 1. The molecule has 0 atom stereocenters. The first-order valence-corrected chi connectivity index (χ1v) is 8.60. The maximum atomic E-state index is 12.0. The zero-order valence-electron chi connectivity index (χ0n) is 15.5. The van der Waals surface area contributed by atoms with Gasteiger partial charge in [-0.15, -0.1) is 34.2 Å². The van der Waals surface area contributed by atoms with Crippen molar-refractivity contribution >= 4 is 41.5 Å². The van der Waals surface area contributed by atoms with E-state index in [9.17, 15) is 9.90 Å². The van der Waals surface area contributed by atoms with E-state index in [-0.39, 0.29) is 42.2 Å². The minimum atomic E-state index is -0.236. The SMILES string of the molecule is CCNC(=NCC(=O)Nc1ccc(O)cc1)NCCn1cnnc1CC.I. The smallest absolute Gasteiger partial charge is 0.246 e. The first-order chi connectivity index (χ1) is 12.6. The van der Waals surface area contributed by atoms with Crippen LogP contribution in [0.1, 0.15) is 19.7 Å². The van der Waals surface area contributed by atoms with Crippen molar-refractivity contribution in [3.8, 4) is 5.75 Å². The number of anilines is 1. The lowest BCUT2D eigenvalue weighted by atomic mass is 10.3. The highest BCUT2D eigenvalue weighted by Crippen LogP contribution is 2.13. The second-order valence-corrected chi connectivity index (χ2v) is 5.51. The molecule has 0 aliphatic rings. The number of hydrogen-bond donors (Lipinski definition) is 4. The number of aromatic hydroxyl groups is 1. The van der Waals surface area contributed by atoms with E-state index in [4.69, 9.17) is 0 Å². The van der Waals surface area contributed by atoms with E-state index in [1.54, 1.807) is 18.5 Å². The Balaban J connectivity index is 0.00000364. The number of aryl methyl sites for hydroxylation is 1. The van der Waals surface area contributed by atoms with Crippen molar-refractivity contribution in [3.05, 3.63) is 36.4 Å². The Hall–Kier alpha value is -2.37. The van der Waals surface area contributed by atoms with Crippen LogP contribution in [0.25, 0.3) is 0 Å². The molecule has 0 spiro atoms. The molecule has 0 saturated heterocycles. The first kappa shape index (κ1) is 22.7. The Morgan fingerprint density at radius 1 is 1.22 bits per heavy atom. The monoisotopic (exact) mass is 487 g/mol. The van der Waals surface area contributed by atoms with Crippen LogP contribution in [0.2, 0.25) is 0 Å². The number of nitrogens with zero attached hydrogens (tertiary/aromatic N) is 4. The number of hydrogen-bond acceptors (Lipinski definition) is 5. The molecule has 1 heterocycles. The van der Waals surface area contributed by atoms with Crippen molar-refractivity contribution in [1.82, 2.24) is 25.4 Å². The highest BCUT2D eigenvalue weighted by molar-refractivity contribution is 14.0. The molecule has 0 saturated carbocycles. The minimum Gasteiger partial charge on any atom is -0.508 e. The van der Waals surface area contributed by atoms with E-state index < -0.39 is 0 Å². The number of aliphatic imine (C=N–C) groups is 1. The van der Waals surface area contributed by atoms with Gasteiger partial charge in [-0.2, -0.15) is 0 Å². The molecule has 4 N–H and O–H groups in total. The maximum absolute atomic E-state index is 12.0. The molecule has 0 bridgehead atoms. The van der Waals surface area contributed by atoms with Gasteiger partial charge in [0.05, 0.1) is 0 Å². The normalized spacial score (nSPS) is 10.8. The van der Waals surface area contributed by atoms with E-state index in [0.29, 0.717) is 31.3 Å². The summed E-state index contributed by atoms with van der Waals surface area (Å²) in [6.45, 7) is 6.02. The summed E-state index contributed by atoms with van der Waals surface area (Å²) in [5, 5.41) is 26.2. The third kappa shape index (κ3) is 7.81. The summed E-state index contributed by atoms with van der Waals surface area (Å²) in [6, 6.07) is 6.29. The molecule has 1 amide bonds. The zero-order valence-corrected chi connectivity index (χ0v) is 17.8. The predicted octanol–water partition coefficient (Wildman–Crippen LogP) is 1.36. The fourth-order valence-corrected chi connectivity index (χ4v) is 2.27. The molecule has 1 aromatic carbocycles. The van der Waals surface area contributed by atoms with Crippen LogP contribution in [0.4, 0.5) is 5.69 Å².